The van der Waals surface area contributed by atoms with Gasteiger partial charge < -0.3 is 9.47 Å². The number of carbonyl (C=O) groups excluding carboxylic acids is 2. The smallest absolute Gasteiger partial charge is 0.270 e. The van der Waals surface area contributed by atoms with Crippen molar-refractivity contribution < 1.29 is 19.1 Å². The molecule has 10 heteroatoms. The van der Waals surface area contributed by atoms with Crippen LogP contribution in [0.3, 0.4) is 0 Å². The van der Waals surface area contributed by atoms with Gasteiger partial charge in [0.2, 0.25) is 0 Å². The largest absolute Gasteiger partial charge is 0.490 e. The molecule has 0 spiro atoms. The highest BCUT2D eigenvalue weighted by Gasteiger charge is 2.35. The molecule has 2 aromatic carbocycles. The van der Waals surface area contributed by atoms with E-state index < -0.39 is 11.8 Å². The maximum atomic E-state index is 13.2. The molecule has 0 aromatic heterocycles. The minimum Gasteiger partial charge on any atom is -0.490 e. The van der Waals surface area contributed by atoms with E-state index in [0.29, 0.717) is 30.3 Å². The van der Waals surface area contributed by atoms with Gasteiger partial charge >= 0.3 is 0 Å². The van der Waals surface area contributed by atoms with Crippen molar-refractivity contribution in [3.8, 4) is 11.5 Å². The molecule has 1 aliphatic heterocycles. The summed E-state index contributed by atoms with van der Waals surface area (Å²) in [5.41, 5.74) is 0.572. The normalized spacial score (nSPS) is 15.3. The van der Waals surface area contributed by atoms with E-state index in [-0.39, 0.29) is 31.4 Å². The maximum absolute atomic E-state index is 13.2. The number of ether oxygens (including phenoxy) is 2. The van der Waals surface area contributed by atoms with Crippen molar-refractivity contribution in [3.63, 3.8) is 0 Å². The summed E-state index contributed by atoms with van der Waals surface area (Å²) >= 11 is 23.9. The van der Waals surface area contributed by atoms with Gasteiger partial charge in [-0.2, -0.15) is 0 Å². The van der Waals surface area contributed by atoms with E-state index in [4.69, 9.17) is 56.5 Å². The lowest BCUT2D eigenvalue weighted by atomic mass is 10.1. The molecular formula is C21H17Cl3N2O4S. The van der Waals surface area contributed by atoms with Crippen LogP contribution in [0.2, 0.25) is 15.1 Å². The van der Waals surface area contributed by atoms with Gasteiger partial charge in [0.15, 0.2) is 16.6 Å². The summed E-state index contributed by atoms with van der Waals surface area (Å²) in [7, 11) is 0. The molecule has 0 saturated carbocycles. The molecule has 1 heterocycles. The minimum absolute atomic E-state index is 0.101. The van der Waals surface area contributed by atoms with Gasteiger partial charge in [-0.15, -0.1) is 0 Å². The molecule has 162 valence electrons. The third-order valence-electron chi connectivity index (χ3n) is 4.21. The molecule has 1 aliphatic rings. The topological polar surface area (TPSA) is 67.9 Å². The Morgan fingerprint density at radius 2 is 1.77 bits per heavy atom. The first-order valence-electron chi connectivity index (χ1n) is 9.23. The lowest BCUT2D eigenvalue weighted by molar-refractivity contribution is -0.122. The Balaban J connectivity index is 2.07. The van der Waals surface area contributed by atoms with Crippen LogP contribution in [-0.4, -0.2) is 30.1 Å². The molecule has 0 aliphatic carbocycles. The standard InChI is InChI=1S/C21H17Cl3N2O4S/c1-3-29-16-10-11(9-14(23)18(16)30-4-2)8-12-19(27)25-21(31)26(20(12)28)15-7-5-6-13(22)17(15)24/h5-10H,3-4H2,1-2H3,(H,25,27,31)/b12-8+. The molecule has 3 rings (SSSR count). The first kappa shape index (κ1) is 23.3. The highest BCUT2D eigenvalue weighted by Crippen LogP contribution is 2.38. The zero-order valence-corrected chi connectivity index (χ0v) is 19.6. The fourth-order valence-corrected chi connectivity index (χ4v) is 3.85. The molecule has 1 saturated heterocycles. The Bertz CT molecular complexity index is 1100. The quantitative estimate of drug-likeness (QED) is 0.333. The number of benzene rings is 2. The third kappa shape index (κ3) is 4.80. The Hall–Kier alpha value is -2.32. The van der Waals surface area contributed by atoms with E-state index in [1.807, 2.05) is 13.8 Å². The van der Waals surface area contributed by atoms with E-state index in [0.717, 1.165) is 4.90 Å². The predicted molar refractivity (Wildman–Crippen MR) is 126 cm³/mol. The lowest BCUT2D eigenvalue weighted by Gasteiger charge is -2.29. The third-order valence-corrected chi connectivity index (χ3v) is 5.58. The second-order valence-electron chi connectivity index (χ2n) is 6.23. The van der Waals surface area contributed by atoms with Crippen molar-refractivity contribution in [2.75, 3.05) is 18.1 Å². The first-order chi connectivity index (χ1) is 14.8. The number of nitrogens with one attached hydrogen (secondary N) is 1. The second kappa shape index (κ2) is 9.87. The van der Waals surface area contributed by atoms with Crippen molar-refractivity contribution in [2.45, 2.75) is 13.8 Å². The molecule has 2 aromatic rings. The lowest BCUT2D eigenvalue weighted by Crippen LogP contribution is -2.54. The predicted octanol–water partition coefficient (Wildman–Crippen LogP) is 5.28. The molecule has 0 unspecified atom stereocenters. The molecule has 1 fully saturated rings. The first-order valence-corrected chi connectivity index (χ1v) is 10.8. The van der Waals surface area contributed by atoms with Crippen molar-refractivity contribution in [1.29, 1.82) is 0 Å². The molecule has 0 radical (unpaired) electrons. The molecule has 6 nitrogen and oxygen atoms in total. The summed E-state index contributed by atoms with van der Waals surface area (Å²) in [5, 5.41) is 3.07. The number of nitrogens with zero attached hydrogens (tertiary/aromatic N) is 1. The number of thiocarbonyl (C=S) groups is 1. The summed E-state index contributed by atoms with van der Waals surface area (Å²) < 4.78 is 11.1. The minimum atomic E-state index is -0.652. The van der Waals surface area contributed by atoms with Crippen LogP contribution >= 0.6 is 47.0 Å². The van der Waals surface area contributed by atoms with Crippen molar-refractivity contribution in [3.05, 3.63) is 56.5 Å². The number of rotatable bonds is 6. The van der Waals surface area contributed by atoms with Crippen molar-refractivity contribution >= 4 is 75.7 Å². The average Bonchev–Trinajstić information content (AvgIpc) is 2.71. The van der Waals surface area contributed by atoms with Gasteiger partial charge in [-0.05, 0) is 62.0 Å². The fraction of sp³-hybridized carbons (Fsp3) is 0.190. The molecule has 1 N–H and O–H groups in total. The summed E-state index contributed by atoms with van der Waals surface area (Å²) in [6, 6.07) is 8.00. The SMILES string of the molecule is CCOc1cc(/C=C2\C(=O)NC(=S)N(c3cccc(Cl)c3Cl)C2=O)cc(Cl)c1OCC. The molecule has 0 bridgehead atoms. The van der Waals surface area contributed by atoms with Gasteiger partial charge in [0, 0.05) is 0 Å². The van der Waals surface area contributed by atoms with Gasteiger partial charge in [0.1, 0.15) is 5.57 Å². The molecule has 0 atom stereocenters. The monoisotopic (exact) mass is 498 g/mol. The zero-order valence-electron chi connectivity index (χ0n) is 16.5. The maximum Gasteiger partial charge on any atom is 0.270 e. The number of amides is 2. The highest BCUT2D eigenvalue weighted by molar-refractivity contribution is 7.80. The van der Waals surface area contributed by atoms with Crippen molar-refractivity contribution in [2.24, 2.45) is 0 Å². The number of anilines is 1. The zero-order chi connectivity index (χ0) is 22.7. The van der Waals surface area contributed by atoms with E-state index in [1.165, 1.54) is 6.08 Å². The average molecular weight is 500 g/mol. The van der Waals surface area contributed by atoms with Crippen LogP contribution in [0.25, 0.3) is 6.08 Å². The van der Waals surface area contributed by atoms with Crippen LogP contribution in [-0.2, 0) is 9.59 Å². The summed E-state index contributed by atoms with van der Waals surface area (Å²) in [6.07, 6.45) is 1.40. The number of hydrogen-bond acceptors (Lipinski definition) is 5. The van der Waals surface area contributed by atoms with Gasteiger partial charge in [-0.25, -0.2) is 0 Å². The summed E-state index contributed by atoms with van der Waals surface area (Å²) in [4.78, 5) is 26.9. The van der Waals surface area contributed by atoms with E-state index >= 15 is 0 Å². The Morgan fingerprint density at radius 1 is 1.06 bits per heavy atom. The van der Waals surface area contributed by atoms with E-state index in [1.54, 1.807) is 30.3 Å². The van der Waals surface area contributed by atoms with Crippen LogP contribution in [0.1, 0.15) is 19.4 Å². The Labute approximate surface area is 199 Å². The van der Waals surface area contributed by atoms with Crippen molar-refractivity contribution in [1.82, 2.24) is 5.32 Å². The van der Waals surface area contributed by atoms with Crippen LogP contribution in [0.15, 0.2) is 35.9 Å². The number of carbonyl (C=O) groups is 2. The number of hydrogen-bond donors (Lipinski definition) is 1. The van der Waals surface area contributed by atoms with Gasteiger partial charge in [0.05, 0.1) is 34.0 Å². The van der Waals surface area contributed by atoms with Crippen LogP contribution in [0.4, 0.5) is 5.69 Å². The second-order valence-corrected chi connectivity index (χ2v) is 7.81. The van der Waals surface area contributed by atoms with Crippen LogP contribution < -0.4 is 19.7 Å². The Morgan fingerprint density at radius 3 is 2.45 bits per heavy atom. The van der Waals surface area contributed by atoms with Crippen LogP contribution in [0, 0.1) is 0 Å². The van der Waals surface area contributed by atoms with Gasteiger partial charge in [-0.3, -0.25) is 19.8 Å². The molecular weight excluding hydrogens is 483 g/mol. The van der Waals surface area contributed by atoms with E-state index in [9.17, 15) is 9.59 Å². The Kier molecular flexibility index (Phi) is 7.43. The highest BCUT2D eigenvalue weighted by atomic mass is 35.5. The summed E-state index contributed by atoms with van der Waals surface area (Å²) in [6.45, 7) is 4.42. The van der Waals surface area contributed by atoms with Crippen LogP contribution in [0.5, 0.6) is 11.5 Å². The summed E-state index contributed by atoms with van der Waals surface area (Å²) in [5.74, 6) is -0.507. The van der Waals surface area contributed by atoms with Gasteiger partial charge in [0.25, 0.3) is 11.8 Å². The molecule has 2 amide bonds. The fourth-order valence-electron chi connectivity index (χ4n) is 2.93. The number of halogens is 3. The molecule has 31 heavy (non-hydrogen) atoms. The van der Waals surface area contributed by atoms with Gasteiger partial charge in [-0.1, -0.05) is 40.9 Å². The van der Waals surface area contributed by atoms with E-state index in [2.05, 4.69) is 5.32 Å².